The molecule has 1 heterocycles. The molecule has 0 aromatic heterocycles. The number of carbonyl (C=O) groups excluding carboxylic acids is 1. The number of nitrogens with zero attached hydrogens (tertiary/aromatic N) is 1. The summed E-state index contributed by atoms with van der Waals surface area (Å²) in [6.45, 7) is 0.687. The molecule has 1 amide bonds. The van der Waals surface area contributed by atoms with Crippen LogP contribution in [0.5, 0.6) is 11.5 Å². The second-order valence-corrected chi connectivity index (χ2v) is 9.72. The number of sulfonamides is 1. The van der Waals surface area contributed by atoms with Crippen LogP contribution in [0, 0.1) is 0 Å². The third-order valence-corrected chi connectivity index (χ3v) is 7.16. The molecule has 1 N–H and O–H groups in total. The normalized spacial score (nSPS) is 13.0. The third-order valence-electron chi connectivity index (χ3n) is 5.51. The Balaban J connectivity index is 1.48. The van der Waals surface area contributed by atoms with Crippen molar-refractivity contribution in [2.45, 2.75) is 17.9 Å². The van der Waals surface area contributed by atoms with Gasteiger partial charge < -0.3 is 14.4 Å². The molecule has 1 aliphatic rings. The van der Waals surface area contributed by atoms with E-state index in [-0.39, 0.29) is 17.3 Å². The van der Waals surface area contributed by atoms with E-state index in [4.69, 9.17) is 21.1 Å². The van der Waals surface area contributed by atoms with Crippen LogP contribution >= 0.6 is 11.6 Å². The molecule has 0 fully saturated rings. The van der Waals surface area contributed by atoms with Gasteiger partial charge in [0.25, 0.3) is 5.91 Å². The Kier molecular flexibility index (Phi) is 6.60. The third kappa shape index (κ3) is 4.83. The first kappa shape index (κ1) is 23.1. The van der Waals surface area contributed by atoms with Gasteiger partial charge in [0.05, 0.1) is 19.1 Å². The van der Waals surface area contributed by atoms with Gasteiger partial charge in [0.2, 0.25) is 10.0 Å². The molecule has 7 nitrogen and oxygen atoms in total. The lowest BCUT2D eigenvalue weighted by Gasteiger charge is -2.18. The molecule has 172 valence electrons. The maximum atomic E-state index is 12.9. The number of halogens is 1. The number of rotatable bonds is 7. The first-order valence-corrected chi connectivity index (χ1v) is 12.1. The van der Waals surface area contributed by atoms with Crippen molar-refractivity contribution < 1.29 is 22.7 Å². The van der Waals surface area contributed by atoms with E-state index in [0.717, 1.165) is 16.8 Å². The number of methoxy groups -OCH3 is 2. The predicted molar refractivity (Wildman–Crippen MR) is 127 cm³/mol. The van der Waals surface area contributed by atoms with E-state index in [2.05, 4.69) is 4.72 Å². The van der Waals surface area contributed by atoms with Crippen molar-refractivity contribution in [2.24, 2.45) is 0 Å². The Morgan fingerprint density at radius 3 is 2.42 bits per heavy atom. The van der Waals surface area contributed by atoms with Gasteiger partial charge in [-0.2, -0.15) is 0 Å². The summed E-state index contributed by atoms with van der Waals surface area (Å²) < 4.78 is 38.5. The largest absolute Gasteiger partial charge is 0.493 e. The number of ether oxygens (including phenoxy) is 2. The molecule has 0 bridgehead atoms. The zero-order valence-corrected chi connectivity index (χ0v) is 19.7. The molecule has 0 radical (unpaired) electrons. The highest BCUT2D eigenvalue weighted by molar-refractivity contribution is 7.89. The van der Waals surface area contributed by atoms with Crippen LogP contribution in [-0.2, 0) is 23.0 Å². The number of fused-ring (bicyclic) bond motifs is 1. The van der Waals surface area contributed by atoms with E-state index in [1.807, 2.05) is 18.2 Å². The highest BCUT2D eigenvalue weighted by Gasteiger charge is 2.26. The highest BCUT2D eigenvalue weighted by atomic mass is 35.5. The fourth-order valence-electron chi connectivity index (χ4n) is 3.77. The molecule has 0 atom stereocenters. The monoisotopic (exact) mass is 486 g/mol. The molecule has 0 saturated heterocycles. The van der Waals surface area contributed by atoms with Crippen molar-refractivity contribution in [1.29, 1.82) is 0 Å². The fraction of sp³-hybridized carbons (Fsp3) is 0.208. The Morgan fingerprint density at radius 2 is 1.73 bits per heavy atom. The van der Waals surface area contributed by atoms with Gasteiger partial charge in [-0.05, 0) is 60.0 Å². The van der Waals surface area contributed by atoms with Gasteiger partial charge in [0.1, 0.15) is 0 Å². The number of amides is 1. The molecule has 0 aliphatic carbocycles. The van der Waals surface area contributed by atoms with Crippen molar-refractivity contribution in [3.8, 4) is 11.5 Å². The molecule has 1 aliphatic heterocycles. The first-order chi connectivity index (χ1) is 15.8. The zero-order valence-electron chi connectivity index (χ0n) is 18.2. The second-order valence-electron chi connectivity index (χ2n) is 7.52. The summed E-state index contributed by atoms with van der Waals surface area (Å²) in [5.41, 5.74) is 3.21. The van der Waals surface area contributed by atoms with Crippen molar-refractivity contribution in [1.82, 2.24) is 4.72 Å². The summed E-state index contributed by atoms with van der Waals surface area (Å²) in [7, 11) is -0.815. The summed E-state index contributed by atoms with van der Waals surface area (Å²) in [6.07, 6.45) is 0.699. The lowest BCUT2D eigenvalue weighted by atomic mass is 10.1. The number of anilines is 1. The van der Waals surface area contributed by atoms with E-state index < -0.39 is 10.0 Å². The average Bonchev–Trinajstić information content (AvgIpc) is 3.25. The topological polar surface area (TPSA) is 84.9 Å². The summed E-state index contributed by atoms with van der Waals surface area (Å²) in [5.74, 6) is 0.698. The van der Waals surface area contributed by atoms with E-state index in [1.54, 1.807) is 35.2 Å². The first-order valence-electron chi connectivity index (χ1n) is 10.2. The minimum Gasteiger partial charge on any atom is -0.493 e. The van der Waals surface area contributed by atoms with Crippen molar-refractivity contribution in [3.05, 3.63) is 82.4 Å². The van der Waals surface area contributed by atoms with E-state index in [0.29, 0.717) is 35.1 Å². The Morgan fingerprint density at radius 1 is 1.00 bits per heavy atom. The molecule has 0 unspecified atom stereocenters. The van der Waals surface area contributed by atoms with Crippen molar-refractivity contribution in [2.75, 3.05) is 25.7 Å². The van der Waals surface area contributed by atoms with Crippen LogP contribution in [0.25, 0.3) is 0 Å². The van der Waals surface area contributed by atoms with E-state index >= 15 is 0 Å². The molecule has 3 aromatic rings. The number of nitrogens with one attached hydrogen (secondary N) is 1. The quantitative estimate of drug-likeness (QED) is 0.545. The van der Waals surface area contributed by atoms with Crippen LogP contribution in [0.15, 0.2) is 65.6 Å². The molecule has 0 spiro atoms. The minimum atomic E-state index is -3.75. The van der Waals surface area contributed by atoms with Crippen LogP contribution < -0.4 is 19.1 Å². The van der Waals surface area contributed by atoms with Gasteiger partial charge in [-0.3, -0.25) is 4.79 Å². The van der Waals surface area contributed by atoms with Gasteiger partial charge in [0, 0.05) is 35.4 Å². The smallest absolute Gasteiger partial charge is 0.258 e. The molecule has 0 saturated carbocycles. The average molecular weight is 487 g/mol. The standard InChI is InChI=1S/C24H23ClN2O5S/c1-31-22-10-8-20(14-23(22)32-2)33(29,30)26-15-16-3-9-21-18(13-16)11-12-27(21)24(28)17-4-6-19(25)7-5-17/h3-10,13-14,26H,11-12,15H2,1-2H3. The highest BCUT2D eigenvalue weighted by Crippen LogP contribution is 2.31. The molecule has 3 aromatic carbocycles. The fourth-order valence-corrected chi connectivity index (χ4v) is 4.93. The lowest BCUT2D eigenvalue weighted by molar-refractivity contribution is 0.0989. The maximum Gasteiger partial charge on any atom is 0.258 e. The summed E-state index contributed by atoms with van der Waals surface area (Å²) in [5, 5.41) is 0.577. The second kappa shape index (κ2) is 9.43. The van der Waals surface area contributed by atoms with Gasteiger partial charge in [-0.25, -0.2) is 13.1 Å². The van der Waals surface area contributed by atoms with Crippen molar-refractivity contribution >= 4 is 33.2 Å². The lowest BCUT2D eigenvalue weighted by Crippen LogP contribution is -2.28. The number of hydrogen-bond donors (Lipinski definition) is 1. The van der Waals surface area contributed by atoms with Crippen LogP contribution in [0.4, 0.5) is 5.69 Å². The van der Waals surface area contributed by atoms with E-state index in [1.165, 1.54) is 26.4 Å². The van der Waals surface area contributed by atoms with Crippen LogP contribution in [0.2, 0.25) is 5.02 Å². The molecule has 4 rings (SSSR count). The van der Waals surface area contributed by atoms with Gasteiger partial charge >= 0.3 is 0 Å². The molecule has 33 heavy (non-hydrogen) atoms. The molecule has 9 heteroatoms. The Hall–Kier alpha value is -3.07. The van der Waals surface area contributed by atoms with Gasteiger partial charge in [0.15, 0.2) is 11.5 Å². The zero-order chi connectivity index (χ0) is 23.6. The van der Waals surface area contributed by atoms with E-state index in [9.17, 15) is 13.2 Å². The number of carbonyl (C=O) groups is 1. The number of benzene rings is 3. The maximum absolute atomic E-state index is 12.9. The molecular weight excluding hydrogens is 464 g/mol. The summed E-state index contributed by atoms with van der Waals surface area (Å²) in [4.78, 5) is 14.7. The minimum absolute atomic E-state index is 0.0843. The Labute approximate surface area is 197 Å². The summed E-state index contributed by atoms with van der Waals surface area (Å²) in [6, 6.07) is 16.9. The van der Waals surface area contributed by atoms with Crippen molar-refractivity contribution in [3.63, 3.8) is 0 Å². The van der Waals surface area contributed by atoms with Gasteiger partial charge in [-0.15, -0.1) is 0 Å². The van der Waals surface area contributed by atoms with Gasteiger partial charge in [-0.1, -0.05) is 23.7 Å². The predicted octanol–water partition coefficient (Wildman–Crippen LogP) is 4.04. The summed E-state index contributed by atoms with van der Waals surface area (Å²) >= 11 is 5.92. The van der Waals surface area contributed by atoms with Crippen LogP contribution in [0.3, 0.4) is 0 Å². The Bertz CT molecular complexity index is 1290. The van der Waals surface area contributed by atoms with Crippen LogP contribution in [-0.4, -0.2) is 35.1 Å². The molecular formula is C24H23ClN2O5S. The SMILES string of the molecule is COc1ccc(S(=O)(=O)NCc2ccc3c(c2)CCN3C(=O)c2ccc(Cl)cc2)cc1OC. The number of hydrogen-bond acceptors (Lipinski definition) is 5. The van der Waals surface area contributed by atoms with Crippen LogP contribution in [0.1, 0.15) is 21.5 Å².